The van der Waals surface area contributed by atoms with Crippen molar-refractivity contribution >= 4 is 16.8 Å². The fraction of sp³-hybridized carbons (Fsp3) is 0.350. The Labute approximate surface area is 152 Å². The van der Waals surface area contributed by atoms with E-state index < -0.39 is 0 Å². The van der Waals surface area contributed by atoms with Gasteiger partial charge in [-0.25, -0.2) is 0 Å². The van der Waals surface area contributed by atoms with Crippen LogP contribution >= 0.6 is 0 Å². The van der Waals surface area contributed by atoms with E-state index in [4.69, 9.17) is 0 Å². The van der Waals surface area contributed by atoms with Gasteiger partial charge in [-0.15, -0.1) is 0 Å². The molecule has 0 unspecified atom stereocenters. The van der Waals surface area contributed by atoms with Crippen LogP contribution in [0.5, 0.6) is 0 Å². The van der Waals surface area contributed by atoms with Crippen molar-refractivity contribution in [3.63, 3.8) is 0 Å². The molecule has 4 rings (SSSR count). The number of nitrogens with one attached hydrogen (secondary N) is 2. The fourth-order valence-electron chi connectivity index (χ4n) is 3.56. The van der Waals surface area contributed by atoms with Crippen molar-refractivity contribution in [3.05, 3.63) is 60.3 Å². The summed E-state index contributed by atoms with van der Waals surface area (Å²) in [6.45, 7) is 3.29. The summed E-state index contributed by atoms with van der Waals surface area (Å²) in [5.74, 6) is 0.221. The Morgan fingerprint density at radius 3 is 2.92 bits per heavy atom. The maximum atomic E-state index is 12.4. The molecule has 1 amide bonds. The molecule has 134 valence electrons. The Bertz CT molecular complexity index is 868. The Hall–Kier alpha value is -2.73. The van der Waals surface area contributed by atoms with Crippen molar-refractivity contribution in [1.82, 2.24) is 25.2 Å². The third kappa shape index (κ3) is 3.91. The number of benzene rings is 1. The molecule has 1 aliphatic rings. The Kier molecular flexibility index (Phi) is 4.93. The molecule has 1 saturated heterocycles. The highest BCUT2D eigenvalue weighted by molar-refractivity contribution is 5.80. The van der Waals surface area contributed by atoms with Gasteiger partial charge >= 0.3 is 0 Å². The molecular formula is C20H23N5O. The van der Waals surface area contributed by atoms with Crippen LogP contribution in [-0.4, -0.2) is 38.8 Å². The normalized spacial score (nSPS) is 16.0. The van der Waals surface area contributed by atoms with Gasteiger partial charge in [-0.3, -0.25) is 19.7 Å². The van der Waals surface area contributed by atoms with Crippen LogP contribution in [0.1, 0.15) is 24.1 Å². The molecule has 0 aliphatic carbocycles. The Morgan fingerprint density at radius 1 is 1.23 bits per heavy atom. The first-order chi connectivity index (χ1) is 12.8. The second-order valence-corrected chi connectivity index (χ2v) is 6.86. The summed E-state index contributed by atoms with van der Waals surface area (Å²) in [6.07, 6.45) is 8.74. The number of amides is 1. The zero-order chi connectivity index (χ0) is 17.8. The standard InChI is InChI=1S/C20H23N5O/c26-20(24-13-18-12-21-7-8-22-18)16-4-9-25(10-5-16)14-15-1-2-19-17(11-15)3-6-23-19/h1-3,6-8,11-12,16,23H,4-5,9-10,13-14H2,(H,24,26). The molecule has 6 nitrogen and oxygen atoms in total. The number of carbonyl (C=O) groups excluding carboxylic acids is 1. The first-order valence-corrected chi connectivity index (χ1v) is 9.09. The molecule has 0 spiro atoms. The molecule has 3 aromatic rings. The SMILES string of the molecule is O=C(NCc1cnccn1)C1CCN(Cc2ccc3[nH]ccc3c2)CC1. The molecule has 0 radical (unpaired) electrons. The number of aromatic amines is 1. The topological polar surface area (TPSA) is 73.9 Å². The molecule has 0 atom stereocenters. The smallest absolute Gasteiger partial charge is 0.223 e. The zero-order valence-corrected chi connectivity index (χ0v) is 14.7. The monoisotopic (exact) mass is 349 g/mol. The average Bonchev–Trinajstić information content (AvgIpc) is 3.15. The van der Waals surface area contributed by atoms with E-state index in [9.17, 15) is 4.79 Å². The summed E-state index contributed by atoms with van der Waals surface area (Å²) in [5.41, 5.74) is 3.29. The van der Waals surface area contributed by atoms with Gasteiger partial charge in [0.1, 0.15) is 0 Å². The van der Waals surface area contributed by atoms with E-state index in [1.165, 1.54) is 16.5 Å². The number of hydrogen-bond donors (Lipinski definition) is 2. The molecule has 1 aliphatic heterocycles. The summed E-state index contributed by atoms with van der Waals surface area (Å²) in [7, 11) is 0. The van der Waals surface area contributed by atoms with Crippen LogP contribution < -0.4 is 5.32 Å². The Morgan fingerprint density at radius 2 is 2.12 bits per heavy atom. The van der Waals surface area contributed by atoms with Crippen molar-refractivity contribution < 1.29 is 4.79 Å². The minimum Gasteiger partial charge on any atom is -0.361 e. The fourth-order valence-corrected chi connectivity index (χ4v) is 3.56. The first-order valence-electron chi connectivity index (χ1n) is 9.09. The number of H-pyrrole nitrogens is 1. The summed E-state index contributed by atoms with van der Waals surface area (Å²) in [6, 6.07) is 8.66. The highest BCUT2D eigenvalue weighted by Crippen LogP contribution is 2.21. The van der Waals surface area contributed by atoms with Crippen LogP contribution in [0.2, 0.25) is 0 Å². The summed E-state index contributed by atoms with van der Waals surface area (Å²) >= 11 is 0. The highest BCUT2D eigenvalue weighted by Gasteiger charge is 2.24. The summed E-state index contributed by atoms with van der Waals surface area (Å²) < 4.78 is 0. The first kappa shape index (κ1) is 16.7. The predicted octanol–water partition coefficient (Wildman–Crippen LogP) is 2.49. The van der Waals surface area contributed by atoms with E-state index in [-0.39, 0.29) is 11.8 Å². The molecular weight excluding hydrogens is 326 g/mol. The lowest BCUT2D eigenvalue weighted by molar-refractivity contribution is -0.126. The molecule has 0 saturated carbocycles. The van der Waals surface area contributed by atoms with Gasteiger partial charge in [0, 0.05) is 36.6 Å². The van der Waals surface area contributed by atoms with Crippen LogP contribution in [0, 0.1) is 5.92 Å². The van der Waals surface area contributed by atoms with E-state index in [1.54, 1.807) is 18.6 Å². The lowest BCUT2D eigenvalue weighted by Crippen LogP contribution is -2.40. The number of likely N-dealkylation sites (tertiary alicyclic amines) is 1. The van der Waals surface area contributed by atoms with Crippen molar-refractivity contribution in [3.8, 4) is 0 Å². The average molecular weight is 349 g/mol. The maximum Gasteiger partial charge on any atom is 0.223 e. The van der Waals surface area contributed by atoms with Gasteiger partial charge in [-0.1, -0.05) is 6.07 Å². The van der Waals surface area contributed by atoms with Crippen molar-refractivity contribution in [2.75, 3.05) is 13.1 Å². The largest absolute Gasteiger partial charge is 0.361 e. The molecule has 1 fully saturated rings. The molecule has 1 aromatic carbocycles. The number of rotatable bonds is 5. The van der Waals surface area contributed by atoms with Gasteiger partial charge in [0.2, 0.25) is 5.91 Å². The van der Waals surface area contributed by atoms with Crippen LogP contribution in [0.3, 0.4) is 0 Å². The van der Waals surface area contributed by atoms with E-state index in [1.807, 2.05) is 6.20 Å². The van der Waals surface area contributed by atoms with Gasteiger partial charge < -0.3 is 10.3 Å². The minimum absolute atomic E-state index is 0.0927. The number of piperidine rings is 1. The number of nitrogens with zero attached hydrogens (tertiary/aromatic N) is 3. The molecule has 2 aromatic heterocycles. The van der Waals surface area contributed by atoms with Gasteiger partial charge in [0.05, 0.1) is 18.4 Å². The lowest BCUT2D eigenvalue weighted by Gasteiger charge is -2.31. The molecule has 0 bridgehead atoms. The van der Waals surface area contributed by atoms with Gasteiger partial charge in [0.15, 0.2) is 0 Å². The summed E-state index contributed by atoms with van der Waals surface area (Å²) in [4.78, 5) is 26.2. The quantitative estimate of drug-likeness (QED) is 0.742. The number of carbonyl (C=O) groups is 1. The number of aromatic nitrogens is 3. The third-order valence-electron chi connectivity index (χ3n) is 5.04. The van der Waals surface area contributed by atoms with Crippen LogP contribution in [0.25, 0.3) is 10.9 Å². The molecule has 3 heterocycles. The van der Waals surface area contributed by atoms with E-state index in [2.05, 4.69) is 49.4 Å². The van der Waals surface area contributed by atoms with E-state index in [0.717, 1.165) is 38.2 Å². The van der Waals surface area contributed by atoms with Crippen molar-refractivity contribution in [1.29, 1.82) is 0 Å². The van der Waals surface area contributed by atoms with Crippen LogP contribution in [0.15, 0.2) is 49.1 Å². The maximum absolute atomic E-state index is 12.4. The lowest BCUT2D eigenvalue weighted by atomic mass is 9.95. The van der Waals surface area contributed by atoms with Gasteiger partial charge in [0.25, 0.3) is 0 Å². The number of hydrogen-bond acceptors (Lipinski definition) is 4. The molecule has 2 N–H and O–H groups in total. The second-order valence-electron chi connectivity index (χ2n) is 6.86. The zero-order valence-electron chi connectivity index (χ0n) is 14.7. The number of fused-ring (bicyclic) bond motifs is 1. The molecule has 6 heteroatoms. The van der Waals surface area contributed by atoms with E-state index >= 15 is 0 Å². The van der Waals surface area contributed by atoms with Crippen molar-refractivity contribution in [2.45, 2.75) is 25.9 Å². The van der Waals surface area contributed by atoms with E-state index in [0.29, 0.717) is 6.54 Å². The van der Waals surface area contributed by atoms with Crippen LogP contribution in [0.4, 0.5) is 0 Å². The van der Waals surface area contributed by atoms with Crippen LogP contribution in [-0.2, 0) is 17.9 Å². The minimum atomic E-state index is 0.0927. The summed E-state index contributed by atoms with van der Waals surface area (Å²) in [5, 5.41) is 4.24. The predicted molar refractivity (Wildman–Crippen MR) is 100 cm³/mol. The van der Waals surface area contributed by atoms with Gasteiger partial charge in [-0.05, 0) is 55.1 Å². The van der Waals surface area contributed by atoms with Crippen molar-refractivity contribution in [2.24, 2.45) is 5.92 Å². The molecule has 26 heavy (non-hydrogen) atoms. The van der Waals surface area contributed by atoms with Gasteiger partial charge in [-0.2, -0.15) is 0 Å². The second kappa shape index (κ2) is 7.66. The highest BCUT2D eigenvalue weighted by atomic mass is 16.1. The Balaban J connectivity index is 1.26. The third-order valence-corrected chi connectivity index (χ3v) is 5.04.